The van der Waals surface area contributed by atoms with Gasteiger partial charge in [-0.2, -0.15) is 0 Å². The van der Waals surface area contributed by atoms with Crippen molar-refractivity contribution in [3.05, 3.63) is 18.2 Å². The van der Waals surface area contributed by atoms with Gasteiger partial charge in [0.2, 0.25) is 0 Å². The first-order chi connectivity index (χ1) is 9.26. The summed E-state index contributed by atoms with van der Waals surface area (Å²) in [5, 5.41) is 0. The first-order valence-corrected chi connectivity index (χ1v) is 7.16. The van der Waals surface area contributed by atoms with Gasteiger partial charge in [-0.25, -0.2) is 0 Å². The number of fused-ring (bicyclic) bond motifs is 1. The van der Waals surface area contributed by atoms with Crippen molar-refractivity contribution in [2.45, 2.75) is 25.8 Å². The molecule has 1 aromatic rings. The average molecular weight is 262 g/mol. The zero-order valence-corrected chi connectivity index (χ0v) is 11.5. The van der Waals surface area contributed by atoms with E-state index in [4.69, 9.17) is 15.2 Å². The summed E-state index contributed by atoms with van der Waals surface area (Å²) in [7, 11) is 0. The molecular weight excluding hydrogens is 240 g/mol. The molecule has 1 fully saturated rings. The number of rotatable bonds is 2. The fraction of sp³-hybridized carbons (Fsp3) is 0.600. The Morgan fingerprint density at radius 1 is 1.21 bits per heavy atom. The summed E-state index contributed by atoms with van der Waals surface area (Å²) < 4.78 is 11.2. The van der Waals surface area contributed by atoms with E-state index >= 15 is 0 Å². The minimum Gasteiger partial charge on any atom is -0.486 e. The second-order valence-corrected chi connectivity index (χ2v) is 5.50. The largest absolute Gasteiger partial charge is 0.486 e. The highest BCUT2D eigenvalue weighted by atomic mass is 16.6. The van der Waals surface area contributed by atoms with Gasteiger partial charge in [0, 0.05) is 30.9 Å². The van der Waals surface area contributed by atoms with Gasteiger partial charge in [-0.05, 0) is 24.5 Å². The van der Waals surface area contributed by atoms with E-state index in [9.17, 15) is 0 Å². The molecule has 2 N–H and O–H groups in total. The molecule has 0 aromatic heterocycles. The minimum atomic E-state index is 0.270. The minimum absolute atomic E-state index is 0.270. The van der Waals surface area contributed by atoms with Crippen LogP contribution in [0.3, 0.4) is 0 Å². The summed E-state index contributed by atoms with van der Waals surface area (Å²) in [4.78, 5) is 2.38. The van der Waals surface area contributed by atoms with E-state index in [1.807, 2.05) is 6.07 Å². The number of benzene rings is 1. The molecule has 4 heteroatoms. The first-order valence-electron chi connectivity index (χ1n) is 7.16. The smallest absolute Gasteiger partial charge is 0.163 e. The SMILES string of the molecule is CCC1CC(N)CN(c2ccc3c(c2)OCCO3)C1. The first kappa shape index (κ1) is 12.6. The van der Waals surface area contributed by atoms with Crippen molar-refractivity contribution in [1.82, 2.24) is 0 Å². The Morgan fingerprint density at radius 3 is 2.79 bits per heavy atom. The Hall–Kier alpha value is -1.42. The van der Waals surface area contributed by atoms with Gasteiger partial charge in [0.15, 0.2) is 11.5 Å². The predicted octanol–water partition coefficient (Wildman–Crippen LogP) is 2.02. The molecule has 1 saturated heterocycles. The Morgan fingerprint density at radius 2 is 2.00 bits per heavy atom. The van der Waals surface area contributed by atoms with Gasteiger partial charge in [-0.1, -0.05) is 13.3 Å². The van der Waals surface area contributed by atoms with Crippen LogP contribution in [0.5, 0.6) is 11.5 Å². The summed E-state index contributed by atoms with van der Waals surface area (Å²) in [5.74, 6) is 2.40. The van der Waals surface area contributed by atoms with Crippen molar-refractivity contribution in [2.24, 2.45) is 11.7 Å². The molecule has 1 aromatic carbocycles. The summed E-state index contributed by atoms with van der Waals surface area (Å²) in [5.41, 5.74) is 7.36. The van der Waals surface area contributed by atoms with E-state index in [-0.39, 0.29) is 6.04 Å². The number of nitrogens with two attached hydrogens (primary N) is 1. The van der Waals surface area contributed by atoms with Gasteiger partial charge in [-0.15, -0.1) is 0 Å². The lowest BCUT2D eigenvalue weighted by atomic mass is 9.92. The molecule has 2 heterocycles. The lowest BCUT2D eigenvalue weighted by Gasteiger charge is -2.37. The maximum absolute atomic E-state index is 6.17. The average Bonchev–Trinajstić information content (AvgIpc) is 2.46. The van der Waals surface area contributed by atoms with Crippen LogP contribution in [0, 0.1) is 5.92 Å². The van der Waals surface area contributed by atoms with Crippen LogP contribution in [0.2, 0.25) is 0 Å². The lowest BCUT2D eigenvalue weighted by Crippen LogP contribution is -2.47. The lowest BCUT2D eigenvalue weighted by molar-refractivity contribution is 0.171. The van der Waals surface area contributed by atoms with Crippen LogP contribution in [0.1, 0.15) is 19.8 Å². The Kier molecular flexibility index (Phi) is 3.51. The maximum Gasteiger partial charge on any atom is 0.163 e. The van der Waals surface area contributed by atoms with E-state index in [0.29, 0.717) is 19.1 Å². The number of ether oxygens (including phenoxy) is 2. The van der Waals surface area contributed by atoms with Gasteiger partial charge >= 0.3 is 0 Å². The van der Waals surface area contributed by atoms with Crippen molar-refractivity contribution in [2.75, 3.05) is 31.2 Å². The van der Waals surface area contributed by atoms with E-state index in [1.54, 1.807) is 0 Å². The summed E-state index contributed by atoms with van der Waals surface area (Å²) in [6, 6.07) is 6.47. The van der Waals surface area contributed by atoms with Gasteiger partial charge in [0.05, 0.1) is 0 Å². The van der Waals surface area contributed by atoms with Crippen molar-refractivity contribution in [3.63, 3.8) is 0 Å². The quantitative estimate of drug-likeness (QED) is 0.886. The topological polar surface area (TPSA) is 47.7 Å². The van der Waals surface area contributed by atoms with Crippen LogP contribution in [-0.2, 0) is 0 Å². The Balaban J connectivity index is 1.81. The van der Waals surface area contributed by atoms with Crippen molar-refractivity contribution < 1.29 is 9.47 Å². The van der Waals surface area contributed by atoms with Crippen molar-refractivity contribution >= 4 is 5.69 Å². The fourth-order valence-corrected chi connectivity index (χ4v) is 2.98. The molecule has 4 nitrogen and oxygen atoms in total. The van der Waals surface area contributed by atoms with Gasteiger partial charge in [0.25, 0.3) is 0 Å². The molecule has 0 radical (unpaired) electrons. The summed E-state index contributed by atoms with van der Waals surface area (Å²) >= 11 is 0. The van der Waals surface area contributed by atoms with Gasteiger partial charge < -0.3 is 20.1 Å². The molecule has 2 aliphatic heterocycles. The number of hydrogen-bond acceptors (Lipinski definition) is 4. The molecule has 0 spiro atoms. The Labute approximate surface area is 114 Å². The summed E-state index contributed by atoms with van der Waals surface area (Å²) in [6.45, 7) is 5.52. The molecular formula is C15H22N2O2. The molecule has 0 aliphatic carbocycles. The molecule has 19 heavy (non-hydrogen) atoms. The standard InChI is InChI=1S/C15H22N2O2/c1-2-11-7-12(16)10-17(9-11)13-3-4-14-15(8-13)19-6-5-18-14/h3-4,8,11-12H,2,5-7,9-10,16H2,1H3. The third-order valence-electron chi connectivity index (χ3n) is 4.04. The fourth-order valence-electron chi connectivity index (χ4n) is 2.98. The van der Waals surface area contributed by atoms with Crippen LogP contribution >= 0.6 is 0 Å². The predicted molar refractivity (Wildman–Crippen MR) is 76.0 cm³/mol. The number of nitrogens with zero attached hydrogens (tertiary/aromatic N) is 1. The third-order valence-corrected chi connectivity index (χ3v) is 4.04. The maximum atomic E-state index is 6.17. The molecule has 0 saturated carbocycles. The van der Waals surface area contributed by atoms with Gasteiger partial charge in [-0.3, -0.25) is 0 Å². The molecule has 2 atom stereocenters. The van der Waals surface area contributed by atoms with Crippen molar-refractivity contribution in [3.8, 4) is 11.5 Å². The Bertz CT molecular complexity index is 450. The van der Waals surface area contributed by atoms with Crippen LogP contribution < -0.4 is 20.1 Å². The molecule has 3 rings (SSSR count). The number of hydrogen-bond donors (Lipinski definition) is 1. The highest BCUT2D eigenvalue weighted by Gasteiger charge is 2.25. The van der Waals surface area contributed by atoms with E-state index in [2.05, 4.69) is 24.0 Å². The van der Waals surface area contributed by atoms with E-state index in [1.165, 1.54) is 12.1 Å². The molecule has 104 valence electrons. The number of piperidine rings is 1. The number of anilines is 1. The third kappa shape index (κ3) is 2.63. The molecule has 2 unspecified atom stereocenters. The molecule has 0 amide bonds. The van der Waals surface area contributed by atoms with Crippen molar-refractivity contribution in [1.29, 1.82) is 0 Å². The summed E-state index contributed by atoms with van der Waals surface area (Å²) in [6.07, 6.45) is 2.33. The zero-order chi connectivity index (χ0) is 13.2. The molecule has 0 bridgehead atoms. The molecule has 2 aliphatic rings. The normalized spacial score (nSPS) is 26.3. The highest BCUT2D eigenvalue weighted by molar-refractivity contribution is 5.57. The second kappa shape index (κ2) is 5.29. The van der Waals surface area contributed by atoms with E-state index < -0.39 is 0 Å². The highest BCUT2D eigenvalue weighted by Crippen LogP contribution is 2.35. The zero-order valence-electron chi connectivity index (χ0n) is 11.5. The second-order valence-electron chi connectivity index (χ2n) is 5.50. The monoisotopic (exact) mass is 262 g/mol. The van der Waals surface area contributed by atoms with Gasteiger partial charge in [0.1, 0.15) is 13.2 Å². The van der Waals surface area contributed by atoms with E-state index in [0.717, 1.165) is 31.0 Å². The van der Waals surface area contributed by atoms with Crippen LogP contribution in [0.15, 0.2) is 18.2 Å². The van der Waals surface area contributed by atoms with Crippen LogP contribution in [-0.4, -0.2) is 32.3 Å². The van der Waals surface area contributed by atoms with Crippen LogP contribution in [0.25, 0.3) is 0 Å². The van der Waals surface area contributed by atoms with Crippen LogP contribution in [0.4, 0.5) is 5.69 Å².